The third-order valence-corrected chi connectivity index (χ3v) is 2.61. The number of aromatic nitrogens is 4. The molecule has 5 nitrogen and oxygen atoms in total. The molecule has 0 unspecified atom stereocenters. The van der Waals surface area contributed by atoms with E-state index in [2.05, 4.69) is 34.6 Å². The van der Waals surface area contributed by atoms with Gasteiger partial charge in [-0.2, -0.15) is 4.80 Å². The average molecular weight is 232 g/mol. The van der Waals surface area contributed by atoms with Crippen LogP contribution >= 0.6 is 12.4 Å². The first-order valence-corrected chi connectivity index (χ1v) is 5.27. The van der Waals surface area contributed by atoms with Crippen LogP contribution in [0.25, 0.3) is 0 Å². The summed E-state index contributed by atoms with van der Waals surface area (Å²) >= 11 is 0. The number of piperidine rings is 1. The molecule has 1 saturated heterocycles. The first-order valence-electron chi connectivity index (χ1n) is 5.27. The highest BCUT2D eigenvalue weighted by molar-refractivity contribution is 5.85. The standard InChI is InChI=1S/C9H17N5.ClH/c1-7(2)14-12-9(11-13-14)8-3-5-10-6-4-8;/h7-8,10H,3-6H2,1-2H3;1H. The number of rotatable bonds is 2. The topological polar surface area (TPSA) is 55.6 Å². The van der Waals surface area contributed by atoms with Crippen molar-refractivity contribution >= 4 is 12.4 Å². The van der Waals surface area contributed by atoms with Crippen molar-refractivity contribution in [1.82, 2.24) is 25.5 Å². The molecule has 0 saturated carbocycles. The summed E-state index contributed by atoms with van der Waals surface area (Å²) in [5, 5.41) is 15.9. The average Bonchev–Trinajstić information content (AvgIpc) is 2.68. The molecule has 1 aromatic heterocycles. The van der Waals surface area contributed by atoms with E-state index >= 15 is 0 Å². The minimum Gasteiger partial charge on any atom is -0.317 e. The van der Waals surface area contributed by atoms with Crippen LogP contribution in [0.2, 0.25) is 0 Å². The van der Waals surface area contributed by atoms with Crippen LogP contribution in [0.4, 0.5) is 0 Å². The molecule has 0 atom stereocenters. The molecule has 0 amide bonds. The molecule has 15 heavy (non-hydrogen) atoms. The van der Waals surface area contributed by atoms with Gasteiger partial charge >= 0.3 is 0 Å². The Morgan fingerprint density at radius 2 is 2.00 bits per heavy atom. The van der Waals surface area contributed by atoms with Crippen LogP contribution in [-0.4, -0.2) is 33.3 Å². The lowest BCUT2D eigenvalue weighted by Gasteiger charge is -2.19. The zero-order chi connectivity index (χ0) is 9.97. The van der Waals surface area contributed by atoms with Crippen molar-refractivity contribution < 1.29 is 0 Å². The van der Waals surface area contributed by atoms with E-state index in [4.69, 9.17) is 0 Å². The quantitative estimate of drug-likeness (QED) is 0.830. The predicted molar refractivity (Wildman–Crippen MR) is 60.3 cm³/mol. The smallest absolute Gasteiger partial charge is 0.177 e. The maximum absolute atomic E-state index is 4.40. The Balaban J connectivity index is 0.00000112. The maximum Gasteiger partial charge on any atom is 0.177 e. The largest absolute Gasteiger partial charge is 0.317 e. The van der Waals surface area contributed by atoms with Gasteiger partial charge in [-0.15, -0.1) is 22.6 Å². The highest BCUT2D eigenvalue weighted by atomic mass is 35.5. The van der Waals surface area contributed by atoms with E-state index in [9.17, 15) is 0 Å². The molecular weight excluding hydrogens is 214 g/mol. The molecule has 0 bridgehead atoms. The van der Waals surface area contributed by atoms with Gasteiger partial charge in [-0.25, -0.2) is 0 Å². The third kappa shape index (κ3) is 2.89. The zero-order valence-corrected chi connectivity index (χ0v) is 10.00. The van der Waals surface area contributed by atoms with Crippen LogP contribution in [0.3, 0.4) is 0 Å². The lowest BCUT2D eigenvalue weighted by atomic mass is 9.98. The van der Waals surface area contributed by atoms with Gasteiger partial charge in [-0.3, -0.25) is 0 Å². The summed E-state index contributed by atoms with van der Waals surface area (Å²) in [6.45, 7) is 6.27. The minimum atomic E-state index is 0. The summed E-state index contributed by atoms with van der Waals surface area (Å²) in [5.41, 5.74) is 0. The monoisotopic (exact) mass is 231 g/mol. The Morgan fingerprint density at radius 1 is 1.33 bits per heavy atom. The molecule has 0 aromatic carbocycles. The fraction of sp³-hybridized carbons (Fsp3) is 0.889. The molecule has 0 spiro atoms. The molecule has 1 aromatic rings. The molecule has 2 heterocycles. The Hall–Kier alpha value is -0.680. The van der Waals surface area contributed by atoms with Gasteiger partial charge < -0.3 is 5.32 Å². The van der Waals surface area contributed by atoms with E-state index in [0.717, 1.165) is 31.8 Å². The first-order chi connectivity index (χ1) is 6.77. The molecule has 6 heteroatoms. The molecule has 1 aliphatic heterocycles. The molecule has 86 valence electrons. The van der Waals surface area contributed by atoms with Gasteiger partial charge in [0.15, 0.2) is 5.82 Å². The molecule has 1 fully saturated rings. The van der Waals surface area contributed by atoms with Gasteiger partial charge in [0, 0.05) is 5.92 Å². The highest BCUT2D eigenvalue weighted by Crippen LogP contribution is 2.21. The van der Waals surface area contributed by atoms with Crippen LogP contribution in [0.1, 0.15) is 44.5 Å². The summed E-state index contributed by atoms with van der Waals surface area (Å²) in [6.07, 6.45) is 2.26. The SMILES string of the molecule is CC(C)n1nnc(C2CCNCC2)n1.Cl. The molecule has 2 rings (SSSR count). The zero-order valence-electron chi connectivity index (χ0n) is 9.18. The lowest BCUT2D eigenvalue weighted by molar-refractivity contribution is 0.430. The van der Waals surface area contributed by atoms with Crippen LogP contribution in [-0.2, 0) is 0 Å². The van der Waals surface area contributed by atoms with Gasteiger partial charge in [-0.05, 0) is 45.0 Å². The molecule has 1 N–H and O–H groups in total. The molecule has 0 radical (unpaired) electrons. The summed E-state index contributed by atoms with van der Waals surface area (Å²) in [5.74, 6) is 1.42. The Kier molecular flexibility index (Phi) is 4.47. The van der Waals surface area contributed by atoms with Crippen molar-refractivity contribution in [2.75, 3.05) is 13.1 Å². The van der Waals surface area contributed by atoms with Crippen LogP contribution in [0.5, 0.6) is 0 Å². The number of halogens is 1. The second-order valence-electron chi connectivity index (χ2n) is 4.09. The number of tetrazole rings is 1. The van der Waals surface area contributed by atoms with E-state index in [1.54, 1.807) is 4.80 Å². The first kappa shape index (κ1) is 12.4. The number of hydrogen-bond acceptors (Lipinski definition) is 4. The summed E-state index contributed by atoms with van der Waals surface area (Å²) in [6, 6.07) is 0.304. The number of nitrogens with one attached hydrogen (secondary N) is 1. The summed E-state index contributed by atoms with van der Waals surface area (Å²) < 4.78 is 0. The second kappa shape index (κ2) is 5.42. The van der Waals surface area contributed by atoms with Crippen LogP contribution in [0.15, 0.2) is 0 Å². The fourth-order valence-corrected chi connectivity index (χ4v) is 1.70. The normalized spacial score (nSPS) is 17.8. The number of hydrogen-bond donors (Lipinski definition) is 1. The number of nitrogens with zero attached hydrogens (tertiary/aromatic N) is 4. The van der Waals surface area contributed by atoms with E-state index in [-0.39, 0.29) is 12.4 Å². The van der Waals surface area contributed by atoms with Crippen molar-refractivity contribution in [3.05, 3.63) is 5.82 Å². The summed E-state index contributed by atoms with van der Waals surface area (Å²) in [7, 11) is 0. The maximum atomic E-state index is 4.40. The van der Waals surface area contributed by atoms with E-state index < -0.39 is 0 Å². The molecular formula is C9H18ClN5. The Labute approximate surface area is 96.0 Å². The lowest BCUT2D eigenvalue weighted by Crippen LogP contribution is -2.27. The minimum absolute atomic E-state index is 0. The predicted octanol–water partition coefficient (Wildman–Crippen LogP) is 1.14. The van der Waals surface area contributed by atoms with Crippen LogP contribution in [0, 0.1) is 0 Å². The van der Waals surface area contributed by atoms with E-state index in [0.29, 0.717) is 12.0 Å². The van der Waals surface area contributed by atoms with Crippen molar-refractivity contribution in [1.29, 1.82) is 0 Å². The van der Waals surface area contributed by atoms with Crippen molar-refractivity contribution in [3.63, 3.8) is 0 Å². The molecule has 0 aliphatic carbocycles. The van der Waals surface area contributed by atoms with Gasteiger partial charge in [0.25, 0.3) is 0 Å². The van der Waals surface area contributed by atoms with Crippen molar-refractivity contribution in [2.24, 2.45) is 0 Å². The van der Waals surface area contributed by atoms with Crippen molar-refractivity contribution in [3.8, 4) is 0 Å². The van der Waals surface area contributed by atoms with Gasteiger partial charge in [0.2, 0.25) is 0 Å². The van der Waals surface area contributed by atoms with Crippen molar-refractivity contribution in [2.45, 2.75) is 38.6 Å². The molecule has 1 aliphatic rings. The fourth-order valence-electron chi connectivity index (χ4n) is 1.70. The van der Waals surface area contributed by atoms with Gasteiger partial charge in [0.05, 0.1) is 6.04 Å². The third-order valence-electron chi connectivity index (χ3n) is 2.61. The highest BCUT2D eigenvalue weighted by Gasteiger charge is 2.20. The second-order valence-corrected chi connectivity index (χ2v) is 4.09. The Morgan fingerprint density at radius 3 is 2.53 bits per heavy atom. The van der Waals surface area contributed by atoms with E-state index in [1.807, 2.05) is 0 Å². The van der Waals surface area contributed by atoms with E-state index in [1.165, 1.54) is 0 Å². The van der Waals surface area contributed by atoms with Gasteiger partial charge in [0.1, 0.15) is 0 Å². The van der Waals surface area contributed by atoms with Gasteiger partial charge in [-0.1, -0.05) is 0 Å². The summed E-state index contributed by atoms with van der Waals surface area (Å²) in [4.78, 5) is 1.69. The van der Waals surface area contributed by atoms with Crippen LogP contribution < -0.4 is 5.32 Å². The Bertz CT molecular complexity index is 292.